The molecule has 1 aromatic heterocycles. The van der Waals surface area contributed by atoms with Gasteiger partial charge in [0.15, 0.2) is 5.82 Å². The lowest BCUT2D eigenvalue weighted by Gasteiger charge is -2.04. The summed E-state index contributed by atoms with van der Waals surface area (Å²) in [5.41, 5.74) is 1.36. The van der Waals surface area contributed by atoms with E-state index < -0.39 is 10.0 Å². The Morgan fingerprint density at radius 1 is 1.33 bits per heavy atom. The van der Waals surface area contributed by atoms with Gasteiger partial charge in [0.25, 0.3) is 5.89 Å². The molecule has 114 valence electrons. The van der Waals surface area contributed by atoms with Crippen LogP contribution in [-0.4, -0.2) is 31.6 Å². The number of nitrogens with one attached hydrogen (secondary N) is 1. The number of nitrogens with two attached hydrogens (primary N) is 1. The molecule has 0 bridgehead atoms. The zero-order valence-electron chi connectivity index (χ0n) is 11.9. The summed E-state index contributed by atoms with van der Waals surface area (Å²) in [6.45, 7) is 2.03. The Labute approximate surface area is 123 Å². The van der Waals surface area contributed by atoms with Crippen LogP contribution < -0.4 is 10.5 Å². The molecule has 0 amide bonds. The van der Waals surface area contributed by atoms with Crippen LogP contribution >= 0.6 is 0 Å². The van der Waals surface area contributed by atoms with E-state index >= 15 is 0 Å². The fraction of sp³-hybridized carbons (Fsp3) is 0.385. The smallest absolute Gasteiger partial charge is 0.257 e. The lowest BCUT2D eigenvalue weighted by atomic mass is 10.1. The minimum Gasteiger partial charge on any atom is -0.334 e. The van der Waals surface area contributed by atoms with Gasteiger partial charge in [-0.25, -0.2) is 13.6 Å². The maximum absolute atomic E-state index is 11.0. The molecule has 7 nitrogen and oxygen atoms in total. The second kappa shape index (κ2) is 6.33. The molecule has 1 heterocycles. The first kappa shape index (κ1) is 15.6. The van der Waals surface area contributed by atoms with Gasteiger partial charge in [-0.2, -0.15) is 4.98 Å². The van der Waals surface area contributed by atoms with Gasteiger partial charge in [-0.05, 0) is 31.7 Å². The van der Waals surface area contributed by atoms with Gasteiger partial charge in [0.2, 0.25) is 10.0 Å². The Balaban J connectivity index is 2.12. The van der Waals surface area contributed by atoms with E-state index in [-0.39, 0.29) is 11.8 Å². The van der Waals surface area contributed by atoms with E-state index in [4.69, 9.17) is 9.66 Å². The van der Waals surface area contributed by atoms with Crippen LogP contribution in [0.15, 0.2) is 28.8 Å². The molecule has 0 aliphatic heterocycles. The number of primary sulfonamides is 1. The van der Waals surface area contributed by atoms with Crippen LogP contribution in [0.1, 0.15) is 18.3 Å². The predicted molar refractivity (Wildman–Crippen MR) is 78.8 cm³/mol. The van der Waals surface area contributed by atoms with Gasteiger partial charge >= 0.3 is 0 Å². The molecule has 2 aromatic rings. The molecular weight excluding hydrogens is 292 g/mol. The van der Waals surface area contributed by atoms with Crippen LogP contribution in [0.5, 0.6) is 0 Å². The minimum atomic E-state index is -3.53. The van der Waals surface area contributed by atoms with Crippen molar-refractivity contribution in [3.05, 3.63) is 35.7 Å². The molecule has 0 aliphatic rings. The Morgan fingerprint density at radius 3 is 2.57 bits per heavy atom. The van der Waals surface area contributed by atoms with E-state index in [0.717, 1.165) is 5.56 Å². The van der Waals surface area contributed by atoms with Crippen molar-refractivity contribution >= 4 is 10.0 Å². The van der Waals surface area contributed by atoms with Crippen molar-refractivity contribution in [3.8, 4) is 11.5 Å². The van der Waals surface area contributed by atoms with Crippen molar-refractivity contribution in [2.75, 3.05) is 7.05 Å². The number of nitrogens with zero attached hydrogens (tertiary/aromatic N) is 2. The maximum atomic E-state index is 11.0. The van der Waals surface area contributed by atoms with Crippen LogP contribution in [0, 0.1) is 0 Å². The van der Waals surface area contributed by atoms with Crippen molar-refractivity contribution < 1.29 is 12.9 Å². The Hall–Kier alpha value is -1.77. The number of benzene rings is 1. The molecule has 3 N–H and O–H groups in total. The van der Waals surface area contributed by atoms with Crippen LogP contribution in [0.4, 0.5) is 0 Å². The first-order chi connectivity index (χ1) is 9.87. The van der Waals surface area contributed by atoms with Gasteiger partial charge in [-0.15, -0.1) is 0 Å². The molecule has 0 saturated heterocycles. The van der Waals surface area contributed by atoms with Crippen LogP contribution in [0.3, 0.4) is 0 Å². The molecule has 8 heteroatoms. The average Bonchev–Trinajstić information content (AvgIpc) is 2.86. The molecular formula is C13H18N4O3S. The third kappa shape index (κ3) is 4.62. The van der Waals surface area contributed by atoms with E-state index in [1.165, 1.54) is 0 Å². The number of hydrogen-bond donors (Lipinski definition) is 2. The molecule has 0 saturated carbocycles. The van der Waals surface area contributed by atoms with Crippen molar-refractivity contribution in [3.63, 3.8) is 0 Å². The van der Waals surface area contributed by atoms with Gasteiger partial charge in [0.1, 0.15) is 0 Å². The number of sulfonamides is 1. The highest BCUT2D eigenvalue weighted by Crippen LogP contribution is 2.18. The molecule has 2 rings (SSSR count). The van der Waals surface area contributed by atoms with Crippen molar-refractivity contribution in [1.29, 1.82) is 0 Å². The normalized spacial score (nSPS) is 13.3. The summed E-state index contributed by atoms with van der Waals surface area (Å²) in [5, 5.41) is 12.0. The summed E-state index contributed by atoms with van der Waals surface area (Å²) < 4.78 is 27.2. The van der Waals surface area contributed by atoms with E-state index in [0.29, 0.717) is 23.7 Å². The number of rotatable bonds is 6. The summed E-state index contributed by atoms with van der Waals surface area (Å²) in [7, 11) is -1.65. The van der Waals surface area contributed by atoms with Crippen LogP contribution in [0.2, 0.25) is 0 Å². The van der Waals surface area contributed by atoms with Crippen molar-refractivity contribution in [2.24, 2.45) is 5.14 Å². The zero-order chi connectivity index (χ0) is 15.5. The van der Waals surface area contributed by atoms with Crippen LogP contribution in [-0.2, 0) is 22.2 Å². The quantitative estimate of drug-likeness (QED) is 0.811. The fourth-order valence-corrected chi connectivity index (χ4v) is 2.46. The van der Waals surface area contributed by atoms with E-state index in [9.17, 15) is 8.42 Å². The van der Waals surface area contributed by atoms with Crippen molar-refractivity contribution in [2.45, 2.75) is 25.1 Å². The monoisotopic (exact) mass is 310 g/mol. The SMILES string of the molecule is CNC(C)Cc1noc(-c2ccc(CS(N)(=O)=O)cc2)n1. The second-order valence-corrected chi connectivity index (χ2v) is 6.53. The molecule has 1 unspecified atom stereocenters. The highest BCUT2D eigenvalue weighted by atomic mass is 32.2. The molecule has 0 fully saturated rings. The predicted octanol–water partition coefficient (Wildman–Crippen LogP) is 0.675. The first-order valence-electron chi connectivity index (χ1n) is 6.47. The van der Waals surface area contributed by atoms with Gasteiger partial charge in [0.05, 0.1) is 5.75 Å². The zero-order valence-corrected chi connectivity index (χ0v) is 12.7. The Kier molecular flexibility index (Phi) is 4.71. The highest BCUT2D eigenvalue weighted by molar-refractivity contribution is 7.88. The average molecular weight is 310 g/mol. The second-order valence-electron chi connectivity index (χ2n) is 4.91. The van der Waals surface area contributed by atoms with Gasteiger partial charge < -0.3 is 9.84 Å². The highest BCUT2D eigenvalue weighted by Gasteiger charge is 2.12. The molecule has 1 aromatic carbocycles. The summed E-state index contributed by atoms with van der Waals surface area (Å²) in [5.74, 6) is 0.845. The third-order valence-electron chi connectivity index (χ3n) is 3.02. The topological polar surface area (TPSA) is 111 Å². The van der Waals surface area contributed by atoms with Crippen molar-refractivity contribution in [1.82, 2.24) is 15.5 Å². The minimum absolute atomic E-state index is 0.192. The molecule has 0 aliphatic carbocycles. The number of likely N-dealkylation sites (N-methyl/N-ethyl adjacent to an activating group) is 1. The Morgan fingerprint density at radius 2 is 2.00 bits per heavy atom. The maximum Gasteiger partial charge on any atom is 0.257 e. The third-order valence-corrected chi connectivity index (χ3v) is 3.75. The summed E-state index contributed by atoms with van der Waals surface area (Å²) in [6.07, 6.45) is 0.670. The first-order valence-corrected chi connectivity index (χ1v) is 8.18. The molecule has 0 spiro atoms. The van der Waals surface area contributed by atoms with E-state index in [1.807, 2.05) is 14.0 Å². The van der Waals surface area contributed by atoms with Crippen LogP contribution in [0.25, 0.3) is 11.5 Å². The Bertz CT molecular complexity index is 694. The summed E-state index contributed by atoms with van der Waals surface area (Å²) in [6, 6.07) is 7.09. The van der Waals surface area contributed by atoms with Gasteiger partial charge in [-0.1, -0.05) is 17.3 Å². The van der Waals surface area contributed by atoms with E-state index in [2.05, 4.69) is 15.5 Å². The van der Waals surface area contributed by atoms with Gasteiger partial charge in [-0.3, -0.25) is 0 Å². The summed E-state index contributed by atoms with van der Waals surface area (Å²) >= 11 is 0. The lowest BCUT2D eigenvalue weighted by Crippen LogP contribution is -2.24. The number of aromatic nitrogens is 2. The largest absolute Gasteiger partial charge is 0.334 e. The van der Waals surface area contributed by atoms with E-state index in [1.54, 1.807) is 24.3 Å². The fourth-order valence-electron chi connectivity index (χ4n) is 1.81. The van der Waals surface area contributed by atoms with Gasteiger partial charge in [0, 0.05) is 18.0 Å². The number of hydrogen-bond acceptors (Lipinski definition) is 6. The summed E-state index contributed by atoms with van der Waals surface area (Å²) in [4.78, 5) is 4.31. The molecule has 21 heavy (non-hydrogen) atoms. The molecule has 0 radical (unpaired) electrons. The lowest BCUT2D eigenvalue weighted by molar-refractivity contribution is 0.418. The molecule has 1 atom stereocenters. The standard InChI is InChI=1S/C13H18N4O3S/c1-9(15-2)7-12-16-13(20-17-12)11-5-3-10(4-6-11)8-21(14,18)19/h3-6,9,15H,7-8H2,1-2H3,(H2,14,18,19).